The molecule has 3 aliphatic heterocycles. The number of fused-ring (bicyclic) bond motifs is 1. The summed E-state index contributed by atoms with van der Waals surface area (Å²) in [7, 11) is 0. The SMILES string of the molecule is C1CCC([C@@H]2[C@H]3CCCN3CCN2[C@H]2CCSC2)CC1. The maximum absolute atomic E-state index is 3.00. The van der Waals surface area contributed by atoms with Crippen molar-refractivity contribution in [2.24, 2.45) is 5.92 Å². The van der Waals surface area contributed by atoms with Crippen LogP contribution in [-0.4, -0.2) is 59.1 Å². The van der Waals surface area contributed by atoms with Gasteiger partial charge in [0.15, 0.2) is 0 Å². The molecule has 0 aromatic rings. The van der Waals surface area contributed by atoms with E-state index in [2.05, 4.69) is 21.6 Å². The predicted molar refractivity (Wildman–Crippen MR) is 87.4 cm³/mol. The molecule has 4 aliphatic rings. The van der Waals surface area contributed by atoms with Crippen LogP contribution < -0.4 is 0 Å². The average Bonchev–Trinajstić information content (AvgIpc) is 3.18. The number of nitrogens with zero attached hydrogens (tertiary/aromatic N) is 2. The van der Waals surface area contributed by atoms with Crippen molar-refractivity contribution in [3.05, 3.63) is 0 Å². The molecule has 0 N–H and O–H groups in total. The van der Waals surface area contributed by atoms with Gasteiger partial charge in [0.2, 0.25) is 0 Å². The molecular weight excluding hydrogens is 264 g/mol. The van der Waals surface area contributed by atoms with Crippen LogP contribution in [0.4, 0.5) is 0 Å². The van der Waals surface area contributed by atoms with Gasteiger partial charge in [-0.05, 0) is 50.3 Å². The van der Waals surface area contributed by atoms with Gasteiger partial charge in [-0.1, -0.05) is 19.3 Å². The molecule has 4 rings (SSSR count). The molecule has 3 atom stereocenters. The molecule has 3 heterocycles. The van der Waals surface area contributed by atoms with E-state index in [9.17, 15) is 0 Å². The van der Waals surface area contributed by atoms with Gasteiger partial charge >= 0.3 is 0 Å². The molecule has 1 aliphatic carbocycles. The van der Waals surface area contributed by atoms with Crippen LogP contribution in [0.5, 0.6) is 0 Å². The zero-order chi connectivity index (χ0) is 13.4. The molecule has 3 saturated heterocycles. The van der Waals surface area contributed by atoms with Gasteiger partial charge < -0.3 is 0 Å². The molecule has 0 aromatic heterocycles. The number of hydrogen-bond acceptors (Lipinski definition) is 3. The van der Waals surface area contributed by atoms with Crippen LogP contribution in [0.2, 0.25) is 0 Å². The van der Waals surface area contributed by atoms with E-state index in [1.54, 1.807) is 0 Å². The summed E-state index contributed by atoms with van der Waals surface area (Å²) in [5.74, 6) is 3.84. The summed E-state index contributed by atoms with van der Waals surface area (Å²) in [5.41, 5.74) is 0. The lowest BCUT2D eigenvalue weighted by molar-refractivity contribution is -0.0185. The summed E-state index contributed by atoms with van der Waals surface area (Å²) in [5, 5.41) is 0. The minimum Gasteiger partial charge on any atom is -0.298 e. The van der Waals surface area contributed by atoms with E-state index in [-0.39, 0.29) is 0 Å². The first-order valence-electron chi connectivity index (χ1n) is 9.01. The third-order valence-electron chi connectivity index (χ3n) is 6.34. The van der Waals surface area contributed by atoms with Crippen LogP contribution in [0, 0.1) is 5.92 Å². The van der Waals surface area contributed by atoms with E-state index >= 15 is 0 Å². The van der Waals surface area contributed by atoms with Gasteiger partial charge in [-0.25, -0.2) is 0 Å². The van der Waals surface area contributed by atoms with Gasteiger partial charge in [0, 0.05) is 37.0 Å². The summed E-state index contributed by atoms with van der Waals surface area (Å²) >= 11 is 2.19. The Hall–Kier alpha value is 0.270. The molecule has 0 unspecified atom stereocenters. The van der Waals surface area contributed by atoms with Crippen molar-refractivity contribution in [1.29, 1.82) is 0 Å². The zero-order valence-corrected chi connectivity index (χ0v) is 13.6. The molecule has 0 bridgehead atoms. The summed E-state index contributed by atoms with van der Waals surface area (Å²) in [6, 6.07) is 2.74. The summed E-state index contributed by atoms with van der Waals surface area (Å²) < 4.78 is 0. The third kappa shape index (κ3) is 2.55. The molecule has 2 nitrogen and oxygen atoms in total. The Balaban J connectivity index is 1.55. The van der Waals surface area contributed by atoms with Gasteiger partial charge in [0.1, 0.15) is 0 Å². The Bertz CT molecular complexity index is 323. The molecule has 0 radical (unpaired) electrons. The highest BCUT2D eigenvalue weighted by atomic mass is 32.2. The molecule has 3 heteroatoms. The van der Waals surface area contributed by atoms with Crippen LogP contribution in [0.3, 0.4) is 0 Å². The predicted octanol–water partition coefficient (Wildman–Crippen LogP) is 3.22. The molecule has 20 heavy (non-hydrogen) atoms. The smallest absolute Gasteiger partial charge is 0.0283 e. The second kappa shape index (κ2) is 6.18. The quantitative estimate of drug-likeness (QED) is 0.772. The first-order chi connectivity index (χ1) is 9.93. The second-order valence-electron chi connectivity index (χ2n) is 7.39. The summed E-state index contributed by atoms with van der Waals surface area (Å²) in [4.78, 5) is 5.85. The van der Waals surface area contributed by atoms with Crippen molar-refractivity contribution in [2.45, 2.75) is 69.5 Å². The summed E-state index contributed by atoms with van der Waals surface area (Å²) in [6.45, 7) is 4.11. The van der Waals surface area contributed by atoms with E-state index in [4.69, 9.17) is 0 Å². The highest BCUT2D eigenvalue weighted by Gasteiger charge is 2.45. The van der Waals surface area contributed by atoms with E-state index < -0.39 is 0 Å². The van der Waals surface area contributed by atoms with Crippen LogP contribution in [0.15, 0.2) is 0 Å². The van der Waals surface area contributed by atoms with Crippen LogP contribution in [0.25, 0.3) is 0 Å². The van der Waals surface area contributed by atoms with Crippen molar-refractivity contribution < 1.29 is 0 Å². The second-order valence-corrected chi connectivity index (χ2v) is 8.54. The number of thioether (sulfide) groups is 1. The van der Waals surface area contributed by atoms with E-state index in [1.807, 2.05) is 0 Å². The Morgan fingerprint density at radius 1 is 0.800 bits per heavy atom. The van der Waals surface area contributed by atoms with Crippen LogP contribution in [-0.2, 0) is 0 Å². The fourth-order valence-electron chi connectivity index (χ4n) is 5.40. The minimum absolute atomic E-state index is 0.912. The fraction of sp³-hybridized carbons (Fsp3) is 1.00. The van der Waals surface area contributed by atoms with Crippen molar-refractivity contribution in [3.8, 4) is 0 Å². The van der Waals surface area contributed by atoms with Gasteiger partial charge in [-0.15, -0.1) is 0 Å². The normalized spacial score (nSPS) is 41.1. The van der Waals surface area contributed by atoms with Gasteiger partial charge in [-0.2, -0.15) is 11.8 Å². The molecule has 0 aromatic carbocycles. The first-order valence-corrected chi connectivity index (χ1v) is 10.2. The maximum atomic E-state index is 3.00. The summed E-state index contributed by atoms with van der Waals surface area (Å²) in [6.07, 6.45) is 11.9. The van der Waals surface area contributed by atoms with Crippen LogP contribution in [0.1, 0.15) is 51.4 Å². The number of hydrogen-bond donors (Lipinski definition) is 0. The minimum atomic E-state index is 0.912. The van der Waals surface area contributed by atoms with Crippen molar-refractivity contribution in [1.82, 2.24) is 9.80 Å². The average molecular weight is 295 g/mol. The molecule has 1 saturated carbocycles. The van der Waals surface area contributed by atoms with E-state index in [0.29, 0.717) is 0 Å². The van der Waals surface area contributed by atoms with Gasteiger partial charge in [0.05, 0.1) is 0 Å². The van der Waals surface area contributed by atoms with Gasteiger partial charge in [-0.3, -0.25) is 9.80 Å². The van der Waals surface area contributed by atoms with Crippen molar-refractivity contribution in [3.63, 3.8) is 0 Å². The number of rotatable bonds is 2. The topological polar surface area (TPSA) is 6.48 Å². The van der Waals surface area contributed by atoms with Crippen molar-refractivity contribution in [2.75, 3.05) is 31.1 Å². The zero-order valence-electron chi connectivity index (χ0n) is 12.8. The lowest BCUT2D eigenvalue weighted by Gasteiger charge is -2.51. The Morgan fingerprint density at radius 3 is 2.50 bits per heavy atom. The standard InChI is InChI=1S/C17H30N2S/c1-2-5-14(6-3-1)17-16-7-4-9-18(16)10-11-19(17)15-8-12-20-13-15/h14-17H,1-13H2/t15-,16+,17+/m0/s1. The Morgan fingerprint density at radius 2 is 1.70 bits per heavy atom. The highest BCUT2D eigenvalue weighted by molar-refractivity contribution is 7.99. The fourth-order valence-corrected chi connectivity index (χ4v) is 6.64. The third-order valence-corrected chi connectivity index (χ3v) is 7.49. The lowest BCUT2D eigenvalue weighted by atomic mass is 9.78. The molecule has 114 valence electrons. The van der Waals surface area contributed by atoms with Gasteiger partial charge in [0.25, 0.3) is 0 Å². The van der Waals surface area contributed by atoms with E-state index in [1.165, 1.54) is 82.5 Å². The lowest BCUT2D eigenvalue weighted by Crippen LogP contribution is -2.62. The highest BCUT2D eigenvalue weighted by Crippen LogP contribution is 2.39. The largest absolute Gasteiger partial charge is 0.298 e. The molecular formula is C17H30N2S. The van der Waals surface area contributed by atoms with Crippen molar-refractivity contribution >= 4 is 11.8 Å². The number of piperazine rings is 1. The molecule has 4 fully saturated rings. The molecule has 0 spiro atoms. The van der Waals surface area contributed by atoms with E-state index in [0.717, 1.165) is 24.0 Å². The monoisotopic (exact) mass is 294 g/mol. The van der Waals surface area contributed by atoms with Crippen LogP contribution >= 0.6 is 11.8 Å². The molecule has 0 amide bonds. The Labute approximate surface area is 128 Å². The first kappa shape index (κ1) is 13.9. The Kier molecular flexibility index (Phi) is 4.29. The maximum Gasteiger partial charge on any atom is 0.0283 e.